The molecule has 0 saturated carbocycles. The standard InChI is InChI=1S/C65H127N2O6P/c1-6-8-10-12-14-16-18-20-22-24-26-28-29-30-31-32-33-34-35-36-37-39-41-43-45-47-49-51-53-55-57-59-65(69)66-63(62-73-74(70,71)72-61-60-67(3,4)5)64(68)58-56-54-52-50-48-46-44-42-40-38-27-25-23-21-19-17-15-13-11-9-7-2/h18,20,24,26,29-30,63-64,68H,6-17,19,21-23,25,27-28,31-62H2,1-5H3,(H-,66,69,70,71)/b20-18-,26-24-,30-29-. The predicted molar refractivity (Wildman–Crippen MR) is 321 cm³/mol. The fourth-order valence-electron chi connectivity index (χ4n) is 9.82. The number of rotatable bonds is 60. The quantitative estimate of drug-likeness (QED) is 0.0272. The van der Waals surface area contributed by atoms with Crippen LogP contribution < -0.4 is 10.2 Å². The van der Waals surface area contributed by atoms with Crippen molar-refractivity contribution in [3.63, 3.8) is 0 Å². The third kappa shape index (κ3) is 58.4. The summed E-state index contributed by atoms with van der Waals surface area (Å²) in [7, 11) is 1.32. The van der Waals surface area contributed by atoms with E-state index in [-0.39, 0.29) is 19.1 Å². The van der Waals surface area contributed by atoms with E-state index in [1.165, 1.54) is 244 Å². The van der Waals surface area contributed by atoms with Gasteiger partial charge in [-0.15, -0.1) is 0 Å². The molecular formula is C65H127N2O6P. The van der Waals surface area contributed by atoms with Crippen LogP contribution in [0.1, 0.15) is 322 Å². The Labute approximate surface area is 461 Å². The van der Waals surface area contributed by atoms with Crippen LogP contribution in [0.15, 0.2) is 36.5 Å². The van der Waals surface area contributed by atoms with Crippen LogP contribution in [-0.2, 0) is 18.4 Å². The molecule has 0 spiro atoms. The summed E-state index contributed by atoms with van der Waals surface area (Å²) in [5.41, 5.74) is 0. The van der Waals surface area contributed by atoms with Gasteiger partial charge in [0.2, 0.25) is 5.91 Å². The lowest BCUT2D eigenvalue weighted by Crippen LogP contribution is -2.46. The lowest BCUT2D eigenvalue weighted by atomic mass is 10.0. The summed E-state index contributed by atoms with van der Waals surface area (Å²) in [6.07, 6.45) is 73.4. The molecule has 0 aromatic rings. The first-order valence-corrected chi connectivity index (χ1v) is 33.8. The Morgan fingerprint density at radius 1 is 0.473 bits per heavy atom. The van der Waals surface area contributed by atoms with Crippen LogP contribution in [0.5, 0.6) is 0 Å². The molecule has 9 heteroatoms. The maximum atomic E-state index is 13.0. The van der Waals surface area contributed by atoms with Gasteiger partial charge in [-0.1, -0.05) is 301 Å². The molecule has 8 nitrogen and oxygen atoms in total. The largest absolute Gasteiger partial charge is 0.756 e. The smallest absolute Gasteiger partial charge is 0.268 e. The molecule has 0 aromatic carbocycles. The van der Waals surface area contributed by atoms with Gasteiger partial charge in [-0.25, -0.2) is 0 Å². The van der Waals surface area contributed by atoms with Gasteiger partial charge in [0.1, 0.15) is 13.2 Å². The molecule has 0 rings (SSSR count). The van der Waals surface area contributed by atoms with E-state index >= 15 is 0 Å². The Kier molecular flexibility index (Phi) is 55.5. The van der Waals surface area contributed by atoms with E-state index in [0.29, 0.717) is 23.9 Å². The van der Waals surface area contributed by atoms with E-state index in [2.05, 4.69) is 55.6 Å². The molecule has 3 atom stereocenters. The van der Waals surface area contributed by atoms with Crippen molar-refractivity contribution in [3.8, 4) is 0 Å². The van der Waals surface area contributed by atoms with E-state index in [1.807, 2.05) is 21.1 Å². The van der Waals surface area contributed by atoms with E-state index in [9.17, 15) is 19.4 Å². The van der Waals surface area contributed by atoms with Gasteiger partial charge in [-0.05, 0) is 51.4 Å². The van der Waals surface area contributed by atoms with Gasteiger partial charge in [-0.3, -0.25) is 9.36 Å². The molecule has 1 amide bonds. The number of carbonyl (C=O) groups excluding carboxylic acids is 1. The van der Waals surface area contributed by atoms with Gasteiger partial charge < -0.3 is 28.8 Å². The van der Waals surface area contributed by atoms with E-state index < -0.39 is 20.0 Å². The van der Waals surface area contributed by atoms with Crippen molar-refractivity contribution < 1.29 is 32.9 Å². The number of carbonyl (C=O) groups is 1. The lowest BCUT2D eigenvalue weighted by molar-refractivity contribution is -0.870. The van der Waals surface area contributed by atoms with Crippen LogP contribution in [0.25, 0.3) is 0 Å². The highest BCUT2D eigenvalue weighted by Crippen LogP contribution is 2.38. The van der Waals surface area contributed by atoms with Gasteiger partial charge >= 0.3 is 0 Å². The number of hydrogen-bond acceptors (Lipinski definition) is 6. The summed E-state index contributed by atoms with van der Waals surface area (Å²) in [4.78, 5) is 25.6. The summed E-state index contributed by atoms with van der Waals surface area (Å²) < 4.78 is 23.5. The van der Waals surface area contributed by atoms with Crippen LogP contribution in [0, 0.1) is 0 Å². The average Bonchev–Trinajstić information content (AvgIpc) is 3.36. The molecule has 438 valence electrons. The number of amides is 1. The van der Waals surface area contributed by atoms with Crippen molar-refractivity contribution in [3.05, 3.63) is 36.5 Å². The molecule has 74 heavy (non-hydrogen) atoms. The van der Waals surface area contributed by atoms with Gasteiger partial charge in [0.15, 0.2) is 0 Å². The minimum absolute atomic E-state index is 0.0136. The molecule has 0 bridgehead atoms. The summed E-state index contributed by atoms with van der Waals surface area (Å²) in [5, 5.41) is 14.1. The molecule has 0 heterocycles. The molecular weight excluding hydrogens is 936 g/mol. The monoisotopic (exact) mass is 1060 g/mol. The van der Waals surface area contributed by atoms with Crippen LogP contribution in [-0.4, -0.2) is 68.5 Å². The number of aliphatic hydroxyl groups excluding tert-OH is 1. The molecule has 0 aliphatic rings. The summed E-state index contributed by atoms with van der Waals surface area (Å²) >= 11 is 0. The molecule has 0 radical (unpaired) electrons. The molecule has 0 aliphatic heterocycles. The number of likely N-dealkylation sites (N-methyl/N-ethyl adjacent to an activating group) is 1. The van der Waals surface area contributed by atoms with Crippen LogP contribution in [0.2, 0.25) is 0 Å². The zero-order valence-electron chi connectivity index (χ0n) is 50.1. The molecule has 0 fully saturated rings. The minimum Gasteiger partial charge on any atom is -0.756 e. The van der Waals surface area contributed by atoms with Gasteiger partial charge in [0, 0.05) is 6.42 Å². The number of phosphoric ester groups is 1. The number of quaternary nitrogens is 1. The number of unbranched alkanes of at least 4 members (excludes halogenated alkanes) is 41. The van der Waals surface area contributed by atoms with Crippen molar-refractivity contribution in [2.45, 2.75) is 334 Å². The summed E-state index contributed by atoms with van der Waals surface area (Å²) in [6, 6.07) is -0.801. The third-order valence-electron chi connectivity index (χ3n) is 14.9. The second kappa shape index (κ2) is 56.4. The van der Waals surface area contributed by atoms with Crippen molar-refractivity contribution in [1.82, 2.24) is 5.32 Å². The number of allylic oxidation sites excluding steroid dienone is 6. The molecule has 0 saturated heterocycles. The molecule has 3 unspecified atom stereocenters. The Hall–Kier alpha value is -1.28. The van der Waals surface area contributed by atoms with Crippen molar-refractivity contribution in [2.75, 3.05) is 40.9 Å². The number of phosphoric acid groups is 1. The molecule has 0 aliphatic carbocycles. The zero-order valence-corrected chi connectivity index (χ0v) is 51.0. The normalized spacial score (nSPS) is 14.0. The fourth-order valence-corrected chi connectivity index (χ4v) is 10.5. The second-order valence-corrected chi connectivity index (χ2v) is 24.9. The average molecular weight is 1060 g/mol. The first-order valence-electron chi connectivity index (χ1n) is 32.3. The van der Waals surface area contributed by atoms with Crippen LogP contribution in [0.4, 0.5) is 0 Å². The summed E-state index contributed by atoms with van der Waals surface area (Å²) in [6.45, 7) is 4.76. The molecule has 0 aromatic heterocycles. The van der Waals surface area contributed by atoms with Gasteiger partial charge in [-0.2, -0.15) is 0 Å². The van der Waals surface area contributed by atoms with Crippen LogP contribution in [0.3, 0.4) is 0 Å². The maximum absolute atomic E-state index is 13.0. The highest BCUT2D eigenvalue weighted by atomic mass is 31.2. The third-order valence-corrected chi connectivity index (χ3v) is 15.8. The lowest BCUT2D eigenvalue weighted by Gasteiger charge is -2.30. The van der Waals surface area contributed by atoms with Crippen molar-refractivity contribution >= 4 is 13.7 Å². The Balaban J connectivity index is 4.05. The second-order valence-electron chi connectivity index (χ2n) is 23.5. The maximum Gasteiger partial charge on any atom is 0.268 e. The highest BCUT2D eigenvalue weighted by Gasteiger charge is 2.24. The van der Waals surface area contributed by atoms with E-state index in [0.717, 1.165) is 51.4 Å². The number of hydrogen-bond donors (Lipinski definition) is 2. The zero-order chi connectivity index (χ0) is 54.2. The highest BCUT2D eigenvalue weighted by molar-refractivity contribution is 7.45. The summed E-state index contributed by atoms with van der Waals surface area (Å²) in [5.74, 6) is -0.160. The minimum atomic E-state index is -4.58. The Morgan fingerprint density at radius 3 is 1.14 bits per heavy atom. The molecule has 2 N–H and O–H groups in total. The topological polar surface area (TPSA) is 108 Å². The van der Waals surface area contributed by atoms with Crippen molar-refractivity contribution in [1.29, 1.82) is 0 Å². The Morgan fingerprint density at radius 2 is 0.784 bits per heavy atom. The first kappa shape index (κ1) is 72.7. The SMILES string of the molecule is CCCCCCC/C=C\C/C=C\C/C=C\CCCCCCCCCCCCCCCCCCC(=O)NC(COP(=O)([O-])OCC[N+](C)(C)C)C(O)CCCCCCCCCCCCCCCCCCCCCCC. The van der Waals surface area contributed by atoms with Gasteiger partial charge in [0.05, 0.1) is 39.9 Å². The number of aliphatic hydroxyl groups is 1. The van der Waals surface area contributed by atoms with E-state index in [1.54, 1.807) is 0 Å². The van der Waals surface area contributed by atoms with Crippen molar-refractivity contribution in [2.24, 2.45) is 0 Å². The van der Waals surface area contributed by atoms with Crippen LogP contribution >= 0.6 is 7.82 Å². The number of nitrogens with zero attached hydrogens (tertiary/aromatic N) is 1. The fraction of sp³-hybridized carbons (Fsp3) is 0.892. The van der Waals surface area contributed by atoms with Gasteiger partial charge in [0.25, 0.3) is 7.82 Å². The Bertz CT molecular complexity index is 1300. The van der Waals surface area contributed by atoms with E-state index in [4.69, 9.17) is 9.05 Å². The first-order chi connectivity index (χ1) is 36.0. The predicted octanol–water partition coefficient (Wildman–Crippen LogP) is 19.5. The number of nitrogens with one attached hydrogen (secondary N) is 1.